The molecule has 0 aromatic heterocycles. The molecule has 0 heterocycles. The summed E-state index contributed by atoms with van der Waals surface area (Å²) in [5.41, 5.74) is -1.31. The minimum absolute atomic E-state index is 0.0207. The van der Waals surface area contributed by atoms with Gasteiger partial charge in [0.15, 0.2) is 0 Å². The van der Waals surface area contributed by atoms with Crippen LogP contribution in [-0.2, 0) is 9.59 Å². The second-order valence-electron chi connectivity index (χ2n) is 9.32. The average molecular weight is 346 g/mol. The van der Waals surface area contributed by atoms with Gasteiger partial charge in [-0.15, -0.1) is 0 Å². The molecule has 4 rings (SSSR count). The Morgan fingerprint density at radius 3 is 2.60 bits per heavy atom. The summed E-state index contributed by atoms with van der Waals surface area (Å²) in [6.07, 6.45) is 4.94. The zero-order valence-electron chi connectivity index (χ0n) is 14.8. The lowest BCUT2D eigenvalue weighted by Crippen LogP contribution is -2.57. The summed E-state index contributed by atoms with van der Waals surface area (Å²) in [4.78, 5) is 24.4. The maximum absolute atomic E-state index is 12.3. The quantitative estimate of drug-likeness (QED) is 0.739. The summed E-state index contributed by atoms with van der Waals surface area (Å²) in [6.45, 7) is 5.65. The van der Waals surface area contributed by atoms with Crippen LogP contribution in [0.3, 0.4) is 0 Å². The molecule has 1 N–H and O–H groups in total. The Balaban J connectivity index is 1.95. The van der Waals surface area contributed by atoms with Crippen LogP contribution in [0.5, 0.6) is 0 Å². The average Bonchev–Trinajstić information content (AvgIpc) is 2.96. The van der Waals surface area contributed by atoms with Crippen LogP contribution < -0.4 is 10.2 Å². The standard InChI is InChI=1S/C20H28O5/c1-11-8-20-9-12(11)4-5-13(20)19(10-21)7-3-6-18(2,17(24)25)15(19)14(20)16(22)23/h12-15,21H,1,3-10H2,2H3,(H,22,23)(H,24,25)/p-2. The zero-order chi connectivity index (χ0) is 18.2. The van der Waals surface area contributed by atoms with E-state index < -0.39 is 40.0 Å². The Labute approximate surface area is 148 Å². The van der Waals surface area contributed by atoms with Gasteiger partial charge < -0.3 is 24.9 Å². The predicted molar refractivity (Wildman–Crippen MR) is 85.5 cm³/mol. The monoisotopic (exact) mass is 346 g/mol. The highest BCUT2D eigenvalue weighted by atomic mass is 16.4. The highest BCUT2D eigenvalue weighted by molar-refractivity contribution is 5.77. The van der Waals surface area contributed by atoms with Crippen LogP contribution in [0.1, 0.15) is 51.9 Å². The van der Waals surface area contributed by atoms with Crippen molar-refractivity contribution >= 4 is 11.9 Å². The largest absolute Gasteiger partial charge is 0.550 e. The van der Waals surface area contributed by atoms with Crippen molar-refractivity contribution in [3.63, 3.8) is 0 Å². The van der Waals surface area contributed by atoms with Crippen LogP contribution in [0.15, 0.2) is 12.2 Å². The molecule has 138 valence electrons. The fraction of sp³-hybridized carbons (Fsp3) is 0.800. The maximum Gasteiger partial charge on any atom is 0.0493 e. The van der Waals surface area contributed by atoms with Gasteiger partial charge in [0, 0.05) is 35.3 Å². The van der Waals surface area contributed by atoms with Crippen molar-refractivity contribution in [3.8, 4) is 0 Å². The minimum Gasteiger partial charge on any atom is -0.550 e. The van der Waals surface area contributed by atoms with Gasteiger partial charge in [-0.25, -0.2) is 0 Å². The van der Waals surface area contributed by atoms with Crippen molar-refractivity contribution in [2.75, 3.05) is 6.61 Å². The van der Waals surface area contributed by atoms with Crippen LogP contribution in [-0.4, -0.2) is 23.7 Å². The summed E-state index contributed by atoms with van der Waals surface area (Å²) >= 11 is 0. The highest BCUT2D eigenvalue weighted by Gasteiger charge is 2.73. The van der Waals surface area contributed by atoms with Gasteiger partial charge in [-0.3, -0.25) is 0 Å². The molecule has 0 radical (unpaired) electrons. The van der Waals surface area contributed by atoms with Gasteiger partial charge in [0.25, 0.3) is 0 Å². The van der Waals surface area contributed by atoms with E-state index in [9.17, 15) is 24.9 Å². The molecule has 1 spiro atoms. The second kappa shape index (κ2) is 5.09. The van der Waals surface area contributed by atoms with E-state index in [1.54, 1.807) is 6.92 Å². The lowest BCUT2D eigenvalue weighted by Gasteiger charge is -2.54. The number of aliphatic hydroxyl groups is 1. The molecule has 5 nitrogen and oxygen atoms in total. The van der Waals surface area contributed by atoms with Gasteiger partial charge in [0.2, 0.25) is 0 Å². The van der Waals surface area contributed by atoms with E-state index in [2.05, 4.69) is 6.58 Å². The Hall–Kier alpha value is -1.36. The topological polar surface area (TPSA) is 100 Å². The minimum atomic E-state index is -1.24. The normalized spacial score (nSPS) is 51.0. The Kier molecular flexibility index (Phi) is 3.48. The summed E-state index contributed by atoms with van der Waals surface area (Å²) in [7, 11) is 0. The van der Waals surface area contributed by atoms with Gasteiger partial charge in [-0.1, -0.05) is 25.5 Å². The van der Waals surface area contributed by atoms with Crippen LogP contribution in [0.25, 0.3) is 0 Å². The van der Waals surface area contributed by atoms with Crippen molar-refractivity contribution in [1.29, 1.82) is 0 Å². The molecule has 0 aromatic rings. The smallest absolute Gasteiger partial charge is 0.0493 e. The number of hydrogen-bond acceptors (Lipinski definition) is 5. The van der Waals surface area contributed by atoms with E-state index in [1.807, 2.05) is 0 Å². The molecule has 2 bridgehead atoms. The SMILES string of the molecule is C=C1CC23CC1CCC2C1(CO)CCCC(C)(C(=O)[O-])C1C3C(=O)[O-]. The number of rotatable bonds is 3. The summed E-state index contributed by atoms with van der Waals surface area (Å²) in [5, 5.41) is 34.9. The maximum atomic E-state index is 12.3. The molecular formula is C20H26O5-2. The lowest BCUT2D eigenvalue weighted by atomic mass is 9.52. The first-order valence-electron chi connectivity index (χ1n) is 9.44. The summed E-state index contributed by atoms with van der Waals surface area (Å²) < 4.78 is 0. The Morgan fingerprint density at radius 1 is 1.28 bits per heavy atom. The fourth-order valence-electron chi connectivity index (χ4n) is 7.82. The molecule has 7 atom stereocenters. The predicted octanol–water partition coefficient (Wildman–Crippen LogP) is 0.264. The number of allylic oxidation sites excluding steroid dienone is 1. The van der Waals surface area contributed by atoms with Crippen LogP contribution in [0.4, 0.5) is 0 Å². The molecule has 4 fully saturated rings. The van der Waals surface area contributed by atoms with Crippen LogP contribution in [0.2, 0.25) is 0 Å². The third-order valence-electron chi connectivity index (χ3n) is 8.56. The molecule has 4 aliphatic carbocycles. The molecule has 5 heteroatoms. The second-order valence-corrected chi connectivity index (χ2v) is 9.32. The number of carbonyl (C=O) groups excluding carboxylic acids is 2. The Morgan fingerprint density at radius 2 is 2.00 bits per heavy atom. The molecule has 25 heavy (non-hydrogen) atoms. The Bertz CT molecular complexity index is 656. The summed E-state index contributed by atoms with van der Waals surface area (Å²) in [5.74, 6) is -3.49. The van der Waals surface area contributed by atoms with Crippen molar-refractivity contribution in [1.82, 2.24) is 0 Å². The van der Waals surface area contributed by atoms with Crippen molar-refractivity contribution in [2.24, 2.45) is 39.9 Å². The van der Waals surface area contributed by atoms with Gasteiger partial charge in [0.05, 0.1) is 0 Å². The summed E-state index contributed by atoms with van der Waals surface area (Å²) in [6, 6.07) is 0. The van der Waals surface area contributed by atoms with E-state index in [-0.39, 0.29) is 12.5 Å². The first-order valence-corrected chi connectivity index (χ1v) is 9.44. The van der Waals surface area contributed by atoms with E-state index >= 15 is 0 Å². The molecule has 4 aliphatic rings. The molecule has 0 aliphatic heterocycles. The van der Waals surface area contributed by atoms with Crippen molar-refractivity contribution in [2.45, 2.75) is 51.9 Å². The van der Waals surface area contributed by atoms with Gasteiger partial charge in [-0.2, -0.15) is 0 Å². The number of fused-ring (bicyclic) bond motifs is 3. The van der Waals surface area contributed by atoms with Crippen LogP contribution in [0, 0.1) is 39.9 Å². The third kappa shape index (κ3) is 1.83. The van der Waals surface area contributed by atoms with Gasteiger partial charge in [-0.05, 0) is 61.7 Å². The molecular weight excluding hydrogens is 320 g/mol. The van der Waals surface area contributed by atoms with Gasteiger partial charge >= 0.3 is 0 Å². The molecule has 0 amide bonds. The molecule has 7 unspecified atom stereocenters. The van der Waals surface area contributed by atoms with Gasteiger partial charge in [0.1, 0.15) is 0 Å². The zero-order valence-corrected chi connectivity index (χ0v) is 14.8. The van der Waals surface area contributed by atoms with Crippen molar-refractivity contribution < 1.29 is 24.9 Å². The number of carboxylic acid groups (broad SMARTS) is 2. The van der Waals surface area contributed by atoms with Crippen LogP contribution >= 0.6 is 0 Å². The number of carbonyl (C=O) groups is 2. The number of aliphatic carboxylic acids is 2. The van der Waals surface area contributed by atoms with Crippen molar-refractivity contribution in [3.05, 3.63) is 12.2 Å². The lowest BCUT2D eigenvalue weighted by molar-refractivity contribution is -0.331. The molecule has 4 saturated carbocycles. The van der Waals surface area contributed by atoms with E-state index in [0.29, 0.717) is 31.6 Å². The van der Waals surface area contributed by atoms with E-state index in [0.717, 1.165) is 24.8 Å². The number of aliphatic hydroxyl groups excluding tert-OH is 1. The third-order valence-corrected chi connectivity index (χ3v) is 8.56. The molecule has 0 saturated heterocycles. The first-order chi connectivity index (χ1) is 11.7. The van der Waals surface area contributed by atoms with E-state index in [4.69, 9.17) is 0 Å². The number of hydrogen-bond donors (Lipinski definition) is 1. The highest BCUT2D eigenvalue weighted by Crippen LogP contribution is 2.77. The fourth-order valence-corrected chi connectivity index (χ4v) is 7.82. The first kappa shape index (κ1) is 17.1. The number of carboxylic acids is 2. The molecule has 0 aromatic carbocycles. The van der Waals surface area contributed by atoms with E-state index in [1.165, 1.54) is 0 Å².